The van der Waals surface area contributed by atoms with Crippen LogP contribution in [0.15, 0.2) is 12.3 Å². The van der Waals surface area contributed by atoms with Crippen molar-refractivity contribution in [1.82, 2.24) is 9.88 Å². The number of hydrogen-bond donors (Lipinski definition) is 3. The van der Waals surface area contributed by atoms with Crippen LogP contribution in [0.5, 0.6) is 0 Å². The van der Waals surface area contributed by atoms with Crippen molar-refractivity contribution in [2.45, 2.75) is 19.8 Å². The van der Waals surface area contributed by atoms with Gasteiger partial charge in [0.2, 0.25) is 0 Å². The number of nitrogen functional groups attached to an aromatic ring is 1. The van der Waals surface area contributed by atoms with Gasteiger partial charge < -0.3 is 21.7 Å². The Bertz CT molecular complexity index is 494. The van der Waals surface area contributed by atoms with Gasteiger partial charge in [0.05, 0.1) is 17.4 Å². The number of carbonyl (C=O) groups excluding carboxylic acids is 1. The van der Waals surface area contributed by atoms with Crippen molar-refractivity contribution < 1.29 is 4.79 Å². The van der Waals surface area contributed by atoms with Crippen LogP contribution in [0.3, 0.4) is 0 Å². The molecule has 110 valence electrons. The molecule has 1 saturated heterocycles. The molecule has 20 heavy (non-hydrogen) atoms. The van der Waals surface area contributed by atoms with Crippen molar-refractivity contribution in [2.75, 3.05) is 37.7 Å². The minimum Gasteiger partial charge on any atom is -0.397 e. The first kappa shape index (κ1) is 14.6. The maximum Gasteiger partial charge on any atom is 0.250 e. The number of piperidine rings is 1. The number of primary amides is 1. The van der Waals surface area contributed by atoms with Gasteiger partial charge in [0, 0.05) is 6.54 Å². The zero-order chi connectivity index (χ0) is 14.8. The fraction of sp³-hybridized carbons (Fsp3) is 0.571. The summed E-state index contributed by atoms with van der Waals surface area (Å²) in [7, 11) is 2.15. The van der Waals surface area contributed by atoms with E-state index in [2.05, 4.69) is 29.2 Å². The summed E-state index contributed by atoms with van der Waals surface area (Å²) in [6, 6.07) is 1.62. The van der Waals surface area contributed by atoms with Gasteiger partial charge in [-0.2, -0.15) is 0 Å². The molecule has 6 nitrogen and oxygen atoms in total. The fourth-order valence-corrected chi connectivity index (χ4v) is 2.42. The van der Waals surface area contributed by atoms with Crippen LogP contribution in [0, 0.1) is 5.41 Å². The van der Waals surface area contributed by atoms with Crippen LogP contribution in [-0.4, -0.2) is 42.5 Å². The average molecular weight is 277 g/mol. The molecule has 0 saturated carbocycles. The average Bonchev–Trinajstić information content (AvgIpc) is 2.41. The van der Waals surface area contributed by atoms with E-state index in [1.807, 2.05) is 0 Å². The van der Waals surface area contributed by atoms with Crippen LogP contribution < -0.4 is 16.8 Å². The van der Waals surface area contributed by atoms with E-state index in [4.69, 9.17) is 11.5 Å². The van der Waals surface area contributed by atoms with Gasteiger partial charge in [-0.1, -0.05) is 6.92 Å². The van der Waals surface area contributed by atoms with Crippen LogP contribution in [0.1, 0.15) is 30.1 Å². The Kier molecular flexibility index (Phi) is 4.13. The number of nitrogens with one attached hydrogen (secondary N) is 1. The lowest BCUT2D eigenvalue weighted by Crippen LogP contribution is -2.40. The van der Waals surface area contributed by atoms with Gasteiger partial charge in [-0.25, -0.2) is 4.98 Å². The number of nitrogens with two attached hydrogens (primary N) is 2. The van der Waals surface area contributed by atoms with Crippen LogP contribution in [0.2, 0.25) is 0 Å². The molecule has 0 atom stereocenters. The van der Waals surface area contributed by atoms with E-state index < -0.39 is 5.91 Å². The molecule has 5 N–H and O–H groups in total. The second-order valence-electron chi connectivity index (χ2n) is 5.99. The van der Waals surface area contributed by atoms with Gasteiger partial charge in [-0.15, -0.1) is 0 Å². The third-order valence-corrected chi connectivity index (χ3v) is 4.09. The van der Waals surface area contributed by atoms with E-state index in [1.54, 1.807) is 6.07 Å². The van der Waals surface area contributed by atoms with Crippen LogP contribution in [0.4, 0.5) is 11.5 Å². The monoisotopic (exact) mass is 277 g/mol. The predicted molar refractivity (Wildman–Crippen MR) is 80.5 cm³/mol. The van der Waals surface area contributed by atoms with Gasteiger partial charge in [0.25, 0.3) is 5.91 Å². The van der Waals surface area contributed by atoms with E-state index in [0.717, 1.165) is 32.5 Å². The first-order valence-corrected chi connectivity index (χ1v) is 6.87. The second kappa shape index (κ2) is 5.66. The van der Waals surface area contributed by atoms with Gasteiger partial charge in [-0.3, -0.25) is 4.79 Å². The lowest BCUT2D eigenvalue weighted by atomic mass is 9.80. The van der Waals surface area contributed by atoms with Gasteiger partial charge >= 0.3 is 0 Å². The smallest absolute Gasteiger partial charge is 0.250 e. The van der Waals surface area contributed by atoms with E-state index in [-0.39, 0.29) is 5.41 Å². The highest BCUT2D eigenvalue weighted by atomic mass is 16.1. The van der Waals surface area contributed by atoms with Gasteiger partial charge in [0.1, 0.15) is 5.82 Å². The minimum atomic E-state index is -0.529. The Morgan fingerprint density at radius 2 is 2.15 bits per heavy atom. The molecule has 0 bridgehead atoms. The molecule has 0 spiro atoms. The summed E-state index contributed by atoms with van der Waals surface area (Å²) in [5.74, 6) is 0.117. The third-order valence-electron chi connectivity index (χ3n) is 4.09. The molecule has 2 rings (SSSR count). The Labute approximate surface area is 119 Å². The summed E-state index contributed by atoms with van der Waals surface area (Å²) < 4.78 is 0. The summed E-state index contributed by atoms with van der Waals surface area (Å²) in [6.07, 6.45) is 3.77. The Morgan fingerprint density at radius 3 is 2.75 bits per heavy atom. The largest absolute Gasteiger partial charge is 0.397 e. The number of likely N-dealkylation sites (tertiary alicyclic amines) is 1. The summed E-state index contributed by atoms with van der Waals surface area (Å²) in [6.45, 7) is 5.33. The summed E-state index contributed by atoms with van der Waals surface area (Å²) in [5, 5.41) is 3.30. The molecule has 1 aliphatic rings. The molecule has 0 unspecified atom stereocenters. The van der Waals surface area contributed by atoms with E-state index in [9.17, 15) is 4.79 Å². The van der Waals surface area contributed by atoms with Gasteiger partial charge in [0.15, 0.2) is 0 Å². The Balaban J connectivity index is 2.00. The highest BCUT2D eigenvalue weighted by Crippen LogP contribution is 2.30. The number of aromatic nitrogens is 1. The zero-order valence-corrected chi connectivity index (χ0v) is 12.1. The molecule has 1 aromatic heterocycles. The first-order chi connectivity index (χ1) is 9.39. The lowest BCUT2D eigenvalue weighted by Gasteiger charge is -2.38. The van der Waals surface area contributed by atoms with Crippen LogP contribution >= 0.6 is 0 Å². The van der Waals surface area contributed by atoms with E-state index in [0.29, 0.717) is 17.1 Å². The maximum absolute atomic E-state index is 11.3. The molecule has 1 aliphatic heterocycles. The first-order valence-electron chi connectivity index (χ1n) is 6.87. The standard InChI is InChI=1S/C14H23N5O/c1-14(3-5-19(2)6-4-14)9-18-12-7-10(13(16)20)11(15)8-17-12/h7-8H,3-6,9,15H2,1-2H3,(H2,16,20)(H,17,18). The molecule has 0 aromatic carbocycles. The van der Waals surface area contributed by atoms with Crippen molar-refractivity contribution in [2.24, 2.45) is 11.1 Å². The molecule has 1 fully saturated rings. The van der Waals surface area contributed by atoms with Crippen molar-refractivity contribution >= 4 is 17.4 Å². The zero-order valence-electron chi connectivity index (χ0n) is 12.1. The van der Waals surface area contributed by atoms with Crippen LogP contribution in [-0.2, 0) is 0 Å². The van der Waals surface area contributed by atoms with E-state index in [1.165, 1.54) is 6.20 Å². The second-order valence-corrected chi connectivity index (χ2v) is 5.99. The summed E-state index contributed by atoms with van der Waals surface area (Å²) >= 11 is 0. The highest BCUT2D eigenvalue weighted by molar-refractivity contribution is 5.98. The van der Waals surface area contributed by atoms with Crippen molar-refractivity contribution in [3.63, 3.8) is 0 Å². The SMILES string of the molecule is CN1CCC(C)(CNc2cc(C(N)=O)c(N)cn2)CC1. The number of pyridine rings is 1. The molecule has 6 heteroatoms. The molecule has 1 amide bonds. The third kappa shape index (κ3) is 3.39. The Hall–Kier alpha value is -1.82. The predicted octanol–water partition coefficient (Wildman–Crippen LogP) is 0.907. The molecule has 0 aliphatic carbocycles. The van der Waals surface area contributed by atoms with E-state index >= 15 is 0 Å². The Morgan fingerprint density at radius 1 is 1.50 bits per heavy atom. The molecular formula is C14H23N5O. The van der Waals surface area contributed by atoms with Crippen LogP contribution in [0.25, 0.3) is 0 Å². The van der Waals surface area contributed by atoms with Crippen molar-refractivity contribution in [1.29, 1.82) is 0 Å². The molecule has 0 radical (unpaired) electrons. The quantitative estimate of drug-likeness (QED) is 0.760. The minimum absolute atomic E-state index is 0.252. The lowest BCUT2D eigenvalue weighted by molar-refractivity contribution is 0.100. The summed E-state index contributed by atoms with van der Waals surface area (Å²) in [5.41, 5.74) is 11.8. The normalized spacial score (nSPS) is 18.7. The summed E-state index contributed by atoms with van der Waals surface area (Å²) in [4.78, 5) is 17.8. The van der Waals surface area contributed by atoms with Crippen molar-refractivity contribution in [3.05, 3.63) is 17.8 Å². The van der Waals surface area contributed by atoms with Crippen molar-refractivity contribution in [3.8, 4) is 0 Å². The number of anilines is 2. The fourth-order valence-electron chi connectivity index (χ4n) is 2.42. The molecular weight excluding hydrogens is 254 g/mol. The number of hydrogen-bond acceptors (Lipinski definition) is 5. The molecule has 2 heterocycles. The van der Waals surface area contributed by atoms with Gasteiger partial charge in [-0.05, 0) is 44.5 Å². The number of amides is 1. The highest BCUT2D eigenvalue weighted by Gasteiger charge is 2.28. The number of nitrogens with zero attached hydrogens (tertiary/aromatic N) is 2. The topological polar surface area (TPSA) is 97.3 Å². The number of rotatable bonds is 4. The molecule has 1 aromatic rings. The maximum atomic E-state index is 11.3. The number of carbonyl (C=O) groups is 1.